The van der Waals surface area contributed by atoms with Gasteiger partial charge in [-0.3, -0.25) is 0 Å². The molecule has 4 rings (SSSR count). The van der Waals surface area contributed by atoms with Crippen molar-refractivity contribution >= 4 is 31.1 Å². The van der Waals surface area contributed by atoms with Crippen molar-refractivity contribution in [2.24, 2.45) is 5.73 Å². The minimum absolute atomic E-state index is 0.258. The first-order chi connectivity index (χ1) is 14.3. The summed E-state index contributed by atoms with van der Waals surface area (Å²) in [6.07, 6.45) is 0. The topological polar surface area (TPSA) is 57.0 Å². The van der Waals surface area contributed by atoms with Crippen molar-refractivity contribution in [3.63, 3.8) is 0 Å². The van der Waals surface area contributed by atoms with Gasteiger partial charge in [0.25, 0.3) is 0 Å². The van der Waals surface area contributed by atoms with E-state index in [0.717, 1.165) is 11.4 Å². The molecule has 1 radical (unpaired) electrons. The van der Waals surface area contributed by atoms with E-state index in [4.69, 9.17) is 19.9 Å². The number of anilines is 1. The lowest BCUT2D eigenvalue weighted by molar-refractivity contribution is 0.289. The predicted molar refractivity (Wildman–Crippen MR) is 120 cm³/mol. The van der Waals surface area contributed by atoms with Gasteiger partial charge in [-0.15, -0.1) is 0 Å². The Morgan fingerprint density at radius 3 is 2.03 bits per heavy atom. The Morgan fingerprint density at radius 1 is 0.862 bits per heavy atom. The molecule has 0 atom stereocenters. The van der Waals surface area contributed by atoms with Crippen LogP contribution in [0.15, 0.2) is 84.9 Å². The van der Waals surface area contributed by atoms with Crippen molar-refractivity contribution in [3.05, 3.63) is 84.9 Å². The predicted octanol–water partition coefficient (Wildman–Crippen LogP) is 2.14. The van der Waals surface area contributed by atoms with E-state index in [-0.39, 0.29) is 6.92 Å². The van der Waals surface area contributed by atoms with Gasteiger partial charge in [-0.25, -0.2) is 4.97 Å². The molecular weight excluding hydrogens is 362 g/mol. The molecule has 5 nitrogen and oxygen atoms in total. The van der Waals surface area contributed by atoms with Crippen molar-refractivity contribution in [1.29, 1.82) is 0 Å². The van der Waals surface area contributed by atoms with Gasteiger partial charge >= 0.3 is 14.5 Å². The highest BCUT2D eigenvalue weighted by Gasteiger charge is 2.38. The zero-order valence-electron chi connectivity index (χ0n) is 16.6. The van der Waals surface area contributed by atoms with Crippen LogP contribution in [0.1, 0.15) is 6.92 Å². The molecular formula is C22H25B2N2O3. The Hall–Kier alpha value is -2.73. The Kier molecular flexibility index (Phi) is 8.19. The first kappa shape index (κ1) is 21.0. The van der Waals surface area contributed by atoms with Crippen LogP contribution in [0.5, 0.6) is 5.75 Å². The van der Waals surface area contributed by atoms with Crippen LogP contribution in [0.4, 0.5) is 5.69 Å². The number of nitrogens with two attached hydrogens (primary N) is 1. The molecule has 1 aliphatic heterocycles. The molecule has 0 saturated carbocycles. The van der Waals surface area contributed by atoms with Crippen LogP contribution in [0, 0.1) is 0 Å². The molecule has 147 valence electrons. The molecule has 0 amide bonds. The number of benzene rings is 3. The van der Waals surface area contributed by atoms with Gasteiger partial charge in [-0.1, -0.05) is 60.7 Å². The molecule has 0 saturated heterocycles. The maximum absolute atomic E-state index is 5.76. The largest absolute Gasteiger partial charge is 0.480 e. The van der Waals surface area contributed by atoms with E-state index in [9.17, 15) is 0 Å². The summed E-state index contributed by atoms with van der Waals surface area (Å²) < 4.78 is 10.7. The van der Waals surface area contributed by atoms with Crippen LogP contribution >= 0.6 is 0 Å². The lowest BCUT2D eigenvalue weighted by Crippen LogP contribution is -2.33. The Balaban J connectivity index is 0.000000186. The average molecular weight is 387 g/mol. The lowest BCUT2D eigenvalue weighted by Gasteiger charge is -2.22. The number of hydrogen-bond donors (Lipinski definition) is 1. The number of para-hydroxylation sites is 2. The summed E-state index contributed by atoms with van der Waals surface area (Å²) >= 11 is 0. The van der Waals surface area contributed by atoms with E-state index in [1.165, 1.54) is 10.9 Å². The van der Waals surface area contributed by atoms with Crippen molar-refractivity contribution in [2.75, 3.05) is 24.7 Å². The van der Waals surface area contributed by atoms with E-state index in [1.807, 2.05) is 79.7 Å². The fourth-order valence-electron chi connectivity index (χ4n) is 2.73. The second kappa shape index (κ2) is 11.3. The van der Waals surface area contributed by atoms with Gasteiger partial charge < -0.3 is 19.9 Å². The average Bonchev–Trinajstić information content (AvgIpc) is 3.50. The van der Waals surface area contributed by atoms with Crippen LogP contribution < -0.4 is 26.5 Å². The molecule has 3 aromatic rings. The number of hydrogen-bond acceptors (Lipinski definition) is 5. The summed E-state index contributed by atoms with van der Waals surface area (Å²) in [7, 11) is 1.57. The van der Waals surface area contributed by atoms with Crippen LogP contribution in [0.2, 0.25) is 0 Å². The van der Waals surface area contributed by atoms with Gasteiger partial charge in [-0.05, 0) is 42.1 Å². The molecule has 0 bridgehead atoms. The molecule has 2 N–H and O–H groups in total. The number of nitrogens with zero attached hydrogens (tertiary/aromatic N) is 1. The monoisotopic (exact) mass is 387 g/mol. The first-order valence-electron chi connectivity index (χ1n) is 9.76. The third kappa shape index (κ3) is 6.39. The molecule has 7 heteroatoms. The zero-order valence-corrected chi connectivity index (χ0v) is 16.6. The summed E-state index contributed by atoms with van der Waals surface area (Å²) in [6.45, 7) is 4.04. The second-order valence-electron chi connectivity index (χ2n) is 6.29. The third-order valence-corrected chi connectivity index (χ3v) is 4.17. The standard InChI is InChI=1S/C14H15BNO2.C8H10BNO/c1-2-17-15-16(13-9-5-3-6-10-13)18-14-11-7-4-8-12-14;10-5-6-11-9-7-3-1-2-4-8(7)9/h3-12H,2H2,1H3;1-4H,5-6,10H2. The van der Waals surface area contributed by atoms with Crippen molar-refractivity contribution in [3.8, 4) is 5.75 Å². The van der Waals surface area contributed by atoms with Crippen LogP contribution in [-0.2, 0) is 9.31 Å². The van der Waals surface area contributed by atoms with E-state index in [1.54, 1.807) is 12.6 Å². The van der Waals surface area contributed by atoms with Crippen LogP contribution in [0.3, 0.4) is 0 Å². The van der Waals surface area contributed by atoms with Gasteiger partial charge in [0.1, 0.15) is 0 Å². The SMILES string of the molecule is CCO[B]N(Oc1ccccc1)c1ccccc1.NCCOB1c2ccccc21. The van der Waals surface area contributed by atoms with Crippen LogP contribution in [0.25, 0.3) is 0 Å². The van der Waals surface area contributed by atoms with Gasteiger partial charge in [-0.2, -0.15) is 0 Å². The quantitative estimate of drug-likeness (QED) is 0.451. The van der Waals surface area contributed by atoms with E-state index < -0.39 is 0 Å². The minimum atomic E-state index is 0.258. The maximum atomic E-state index is 5.76. The molecule has 0 aromatic heterocycles. The van der Waals surface area contributed by atoms with Gasteiger partial charge in [0.2, 0.25) is 0 Å². The van der Waals surface area contributed by atoms with E-state index in [2.05, 4.69) is 12.1 Å². The summed E-state index contributed by atoms with van der Waals surface area (Å²) in [4.78, 5) is 7.37. The smallest absolute Gasteiger partial charge is 0.426 e. The molecule has 0 unspecified atom stereocenters. The summed E-state index contributed by atoms with van der Waals surface area (Å²) in [6, 6.07) is 27.6. The van der Waals surface area contributed by atoms with Gasteiger partial charge in [0, 0.05) is 19.8 Å². The lowest BCUT2D eigenvalue weighted by atomic mass is 9.87. The summed E-state index contributed by atoms with van der Waals surface area (Å²) in [5.41, 5.74) is 8.87. The highest BCUT2D eigenvalue weighted by atomic mass is 16.7. The summed E-state index contributed by atoms with van der Waals surface area (Å²) in [5, 5.41) is 0. The fraction of sp³-hybridized carbons (Fsp3) is 0.182. The molecule has 0 fully saturated rings. The fourth-order valence-corrected chi connectivity index (χ4v) is 2.73. The zero-order chi connectivity index (χ0) is 20.3. The molecule has 0 aliphatic carbocycles. The molecule has 1 aliphatic rings. The summed E-state index contributed by atoms with van der Waals surface area (Å²) in [5.74, 6) is 0.761. The second-order valence-corrected chi connectivity index (χ2v) is 6.29. The Bertz CT molecular complexity index is 830. The highest BCUT2D eigenvalue weighted by Crippen LogP contribution is 2.17. The minimum Gasteiger partial charge on any atom is -0.426 e. The highest BCUT2D eigenvalue weighted by molar-refractivity contribution is 6.97. The van der Waals surface area contributed by atoms with E-state index in [0.29, 0.717) is 19.8 Å². The van der Waals surface area contributed by atoms with Gasteiger partial charge in [0.15, 0.2) is 5.75 Å². The van der Waals surface area contributed by atoms with Crippen molar-refractivity contribution < 1.29 is 14.1 Å². The van der Waals surface area contributed by atoms with Crippen LogP contribution in [-0.4, -0.2) is 34.3 Å². The third-order valence-electron chi connectivity index (χ3n) is 4.17. The molecule has 1 heterocycles. The van der Waals surface area contributed by atoms with Crippen molar-refractivity contribution in [2.45, 2.75) is 6.92 Å². The van der Waals surface area contributed by atoms with Gasteiger partial charge in [0.05, 0.1) is 5.69 Å². The van der Waals surface area contributed by atoms with Crippen molar-refractivity contribution in [1.82, 2.24) is 0 Å². The first-order valence-corrected chi connectivity index (χ1v) is 9.76. The number of rotatable bonds is 9. The molecule has 29 heavy (non-hydrogen) atoms. The normalized spacial score (nSPS) is 11.0. The Labute approximate surface area is 173 Å². The molecule has 3 aromatic carbocycles. The van der Waals surface area contributed by atoms with E-state index >= 15 is 0 Å². The maximum Gasteiger partial charge on any atom is 0.480 e. The molecule has 0 spiro atoms. The number of fused-ring (bicyclic) bond motifs is 1. The Morgan fingerprint density at radius 2 is 1.45 bits per heavy atom.